The van der Waals surface area contributed by atoms with E-state index in [1.54, 1.807) is 31.6 Å². The van der Waals surface area contributed by atoms with E-state index in [0.717, 1.165) is 6.42 Å². The average Bonchev–Trinajstić information content (AvgIpc) is 3.55. The van der Waals surface area contributed by atoms with Crippen molar-refractivity contribution in [2.24, 2.45) is 0 Å². The molecule has 1 aromatic carbocycles. The molecule has 0 saturated carbocycles. The summed E-state index contributed by atoms with van der Waals surface area (Å²) in [6.45, 7) is 5.38. The first-order chi connectivity index (χ1) is 16.0. The number of benzene rings is 1. The molecule has 3 heterocycles. The van der Waals surface area contributed by atoms with Crippen molar-refractivity contribution in [2.75, 3.05) is 13.2 Å². The first kappa shape index (κ1) is 22.4. The van der Waals surface area contributed by atoms with Crippen LogP contribution in [0.4, 0.5) is 0 Å². The van der Waals surface area contributed by atoms with Crippen LogP contribution in [0.1, 0.15) is 47.7 Å². The second-order valence-corrected chi connectivity index (χ2v) is 7.97. The maximum absolute atomic E-state index is 13.3. The summed E-state index contributed by atoms with van der Waals surface area (Å²) in [6.07, 6.45) is 6.78. The molecule has 2 aromatic heterocycles. The smallest absolute Gasteiger partial charge is 0.290 e. The molecule has 8 nitrogen and oxygen atoms in total. The first-order valence-corrected chi connectivity index (χ1v) is 11.0. The molecule has 0 saturated heterocycles. The Bertz CT molecular complexity index is 1150. The van der Waals surface area contributed by atoms with Gasteiger partial charge in [0, 0.05) is 25.5 Å². The largest absolute Gasteiger partial charge is 0.503 e. The molecule has 3 aromatic rings. The number of carbonyl (C=O) groups excluding carboxylic acids is 2. The minimum Gasteiger partial charge on any atom is -0.503 e. The lowest BCUT2D eigenvalue weighted by Gasteiger charge is -2.27. The maximum Gasteiger partial charge on any atom is 0.290 e. The highest BCUT2D eigenvalue weighted by molar-refractivity contribution is 6.15. The Morgan fingerprint density at radius 2 is 1.97 bits per heavy atom. The van der Waals surface area contributed by atoms with E-state index in [-0.39, 0.29) is 11.3 Å². The van der Waals surface area contributed by atoms with Crippen LogP contribution in [0.25, 0.3) is 0 Å². The van der Waals surface area contributed by atoms with Gasteiger partial charge in [-0.2, -0.15) is 0 Å². The van der Waals surface area contributed by atoms with Gasteiger partial charge in [-0.1, -0.05) is 19.1 Å². The van der Waals surface area contributed by atoms with E-state index < -0.39 is 23.5 Å². The van der Waals surface area contributed by atoms with E-state index in [9.17, 15) is 14.7 Å². The predicted molar refractivity (Wildman–Crippen MR) is 121 cm³/mol. The van der Waals surface area contributed by atoms with Crippen molar-refractivity contribution in [1.82, 2.24) is 14.5 Å². The molecule has 0 fully saturated rings. The Hall–Kier alpha value is -3.81. The molecule has 1 amide bonds. The van der Waals surface area contributed by atoms with Crippen molar-refractivity contribution in [3.05, 3.63) is 83.5 Å². The van der Waals surface area contributed by atoms with Gasteiger partial charge < -0.3 is 23.7 Å². The standard InChI is InChI=1S/C25H27N3O5/c1-3-15-32-19-8-6-18(7-9-19)22-21(23(29)20-10-5-17(2)33-20)24(30)25(31)28(22)13-4-12-27-14-11-26-16-27/h5-11,14,16,22,30H,3-4,12-13,15H2,1-2H3/t22-/m0/s1. The summed E-state index contributed by atoms with van der Waals surface area (Å²) in [4.78, 5) is 31.9. The highest BCUT2D eigenvalue weighted by Crippen LogP contribution is 2.39. The molecule has 1 aliphatic heterocycles. The Labute approximate surface area is 192 Å². The number of aliphatic hydroxyl groups excluding tert-OH is 1. The molecular formula is C25H27N3O5. The van der Waals surface area contributed by atoms with Crippen LogP contribution in [-0.2, 0) is 11.3 Å². The van der Waals surface area contributed by atoms with E-state index in [1.165, 1.54) is 4.90 Å². The Morgan fingerprint density at radius 1 is 1.18 bits per heavy atom. The molecule has 0 bridgehead atoms. The fraction of sp³-hybridized carbons (Fsp3) is 0.320. The van der Waals surface area contributed by atoms with Gasteiger partial charge in [0.1, 0.15) is 11.5 Å². The zero-order valence-electron chi connectivity index (χ0n) is 18.7. The number of hydrogen-bond donors (Lipinski definition) is 1. The highest BCUT2D eigenvalue weighted by Gasteiger charge is 2.44. The summed E-state index contributed by atoms with van der Waals surface area (Å²) in [5, 5.41) is 10.7. The zero-order chi connectivity index (χ0) is 23.4. The van der Waals surface area contributed by atoms with Crippen LogP contribution < -0.4 is 4.74 Å². The molecule has 4 rings (SSSR count). The molecular weight excluding hydrogens is 422 g/mol. The van der Waals surface area contributed by atoms with Crippen LogP contribution >= 0.6 is 0 Å². The van der Waals surface area contributed by atoms with Crippen LogP contribution in [-0.4, -0.2) is 44.4 Å². The number of aliphatic hydroxyl groups is 1. The van der Waals surface area contributed by atoms with E-state index in [4.69, 9.17) is 9.15 Å². The lowest BCUT2D eigenvalue weighted by molar-refractivity contribution is -0.129. The van der Waals surface area contributed by atoms with Gasteiger partial charge in [0.25, 0.3) is 5.91 Å². The van der Waals surface area contributed by atoms with E-state index in [2.05, 4.69) is 4.98 Å². The Morgan fingerprint density at radius 3 is 2.61 bits per heavy atom. The van der Waals surface area contributed by atoms with E-state index >= 15 is 0 Å². The van der Waals surface area contributed by atoms with Crippen LogP contribution in [0.5, 0.6) is 5.75 Å². The van der Waals surface area contributed by atoms with Crippen molar-refractivity contribution >= 4 is 11.7 Å². The number of imidazole rings is 1. The third-order valence-electron chi connectivity index (χ3n) is 5.56. The number of Topliss-reactive ketones (excluding diaryl/α,β-unsaturated/α-hetero) is 1. The van der Waals surface area contributed by atoms with Gasteiger partial charge in [0.05, 0.1) is 24.5 Å². The number of rotatable bonds is 10. The monoisotopic (exact) mass is 449 g/mol. The summed E-state index contributed by atoms with van der Waals surface area (Å²) in [5.41, 5.74) is 0.740. The van der Waals surface area contributed by atoms with Gasteiger partial charge in [-0.15, -0.1) is 0 Å². The van der Waals surface area contributed by atoms with E-state index in [0.29, 0.717) is 43.2 Å². The van der Waals surface area contributed by atoms with Gasteiger partial charge >= 0.3 is 0 Å². The van der Waals surface area contributed by atoms with Crippen LogP contribution in [0.2, 0.25) is 0 Å². The van der Waals surface area contributed by atoms with Gasteiger partial charge in [0.2, 0.25) is 5.78 Å². The van der Waals surface area contributed by atoms with E-state index in [1.807, 2.05) is 42.0 Å². The summed E-state index contributed by atoms with van der Waals surface area (Å²) in [5.74, 6) is -0.220. The number of carbonyl (C=O) groups is 2. The Balaban J connectivity index is 1.64. The number of ether oxygens (including phenoxy) is 1. The fourth-order valence-corrected chi connectivity index (χ4v) is 3.96. The molecule has 0 spiro atoms. The van der Waals surface area contributed by atoms with Crippen molar-refractivity contribution in [2.45, 2.75) is 39.3 Å². The second kappa shape index (κ2) is 9.77. The van der Waals surface area contributed by atoms with Crippen LogP contribution in [0.15, 0.2) is 70.9 Å². The van der Waals surface area contributed by atoms with Crippen molar-refractivity contribution in [3.8, 4) is 5.75 Å². The zero-order valence-corrected chi connectivity index (χ0v) is 18.7. The quantitative estimate of drug-likeness (QED) is 0.465. The lowest BCUT2D eigenvalue weighted by atomic mass is 9.95. The minimum atomic E-state index is -0.724. The first-order valence-electron chi connectivity index (χ1n) is 11.0. The topological polar surface area (TPSA) is 97.8 Å². The number of amides is 1. The summed E-state index contributed by atoms with van der Waals surface area (Å²) in [6, 6.07) is 9.79. The van der Waals surface area contributed by atoms with Crippen molar-refractivity contribution < 1.29 is 23.8 Å². The third-order valence-corrected chi connectivity index (χ3v) is 5.56. The van der Waals surface area contributed by atoms with Gasteiger partial charge in [0.15, 0.2) is 11.5 Å². The average molecular weight is 450 g/mol. The molecule has 172 valence electrons. The maximum atomic E-state index is 13.3. The number of aryl methyl sites for hydroxylation is 2. The summed E-state index contributed by atoms with van der Waals surface area (Å²) >= 11 is 0. The molecule has 0 radical (unpaired) electrons. The lowest BCUT2D eigenvalue weighted by Crippen LogP contribution is -2.32. The van der Waals surface area contributed by atoms with Crippen LogP contribution in [0.3, 0.4) is 0 Å². The SMILES string of the molecule is CCCOc1ccc([C@H]2C(C(=O)c3ccc(C)o3)=C(O)C(=O)N2CCCn2ccnc2)cc1. The number of hydrogen-bond acceptors (Lipinski definition) is 6. The molecule has 0 aliphatic carbocycles. The Kier molecular flexibility index (Phi) is 6.63. The summed E-state index contributed by atoms with van der Waals surface area (Å²) < 4.78 is 13.1. The van der Waals surface area contributed by atoms with Crippen molar-refractivity contribution in [1.29, 1.82) is 0 Å². The summed E-state index contributed by atoms with van der Waals surface area (Å²) in [7, 11) is 0. The predicted octanol–water partition coefficient (Wildman–Crippen LogP) is 4.24. The third kappa shape index (κ3) is 4.69. The van der Waals surface area contributed by atoms with Gasteiger partial charge in [-0.05, 0) is 49.6 Å². The molecule has 1 atom stereocenters. The number of aromatic nitrogens is 2. The van der Waals surface area contributed by atoms with Gasteiger partial charge in [-0.3, -0.25) is 9.59 Å². The second-order valence-electron chi connectivity index (χ2n) is 7.97. The molecule has 1 aliphatic rings. The molecule has 1 N–H and O–H groups in total. The normalized spacial score (nSPS) is 16.0. The number of nitrogens with zero attached hydrogens (tertiary/aromatic N) is 3. The van der Waals surface area contributed by atoms with Gasteiger partial charge in [-0.25, -0.2) is 4.98 Å². The highest BCUT2D eigenvalue weighted by atomic mass is 16.5. The number of ketones is 1. The van der Waals surface area contributed by atoms with Crippen LogP contribution in [0, 0.1) is 6.92 Å². The molecule has 33 heavy (non-hydrogen) atoms. The number of furan rings is 1. The minimum absolute atomic E-state index is 0.0270. The molecule has 8 heteroatoms. The van der Waals surface area contributed by atoms with Crippen molar-refractivity contribution in [3.63, 3.8) is 0 Å². The molecule has 0 unspecified atom stereocenters. The fourth-order valence-electron chi connectivity index (χ4n) is 3.96.